The number of rotatable bonds is 1. The van der Waals surface area contributed by atoms with Gasteiger partial charge in [0.1, 0.15) is 5.60 Å². The maximum absolute atomic E-state index is 12.8. The van der Waals surface area contributed by atoms with E-state index in [1.165, 1.54) is 12.1 Å². The van der Waals surface area contributed by atoms with Gasteiger partial charge in [0.05, 0.1) is 16.3 Å². The fourth-order valence-corrected chi connectivity index (χ4v) is 4.47. The van der Waals surface area contributed by atoms with Crippen molar-refractivity contribution in [3.63, 3.8) is 0 Å². The van der Waals surface area contributed by atoms with Gasteiger partial charge in [-0.15, -0.1) is 0 Å². The Balaban J connectivity index is 1.55. The summed E-state index contributed by atoms with van der Waals surface area (Å²) in [4.78, 5) is 8.66. The first kappa shape index (κ1) is 15.5. The Hall–Kier alpha value is -0.980. The van der Waals surface area contributed by atoms with Crippen LogP contribution in [0.1, 0.15) is 24.8 Å². The molecule has 2 bridgehead atoms. The Morgan fingerprint density at radius 1 is 1.17 bits per heavy atom. The Kier molecular flexibility index (Phi) is 3.55. The number of hydrogen-bond acceptors (Lipinski definition) is 3. The maximum Gasteiger partial charge on any atom is 0.417 e. The number of hydrogen-bond donors (Lipinski definition) is 0. The fraction of sp³-hybridized carbons (Fsp3) is 0.625. The summed E-state index contributed by atoms with van der Waals surface area (Å²) in [5.74, 6) is 0.544. The summed E-state index contributed by atoms with van der Waals surface area (Å²) in [5.41, 5.74) is -0.387. The van der Waals surface area contributed by atoms with Crippen molar-refractivity contribution in [2.24, 2.45) is 5.92 Å². The van der Waals surface area contributed by atoms with Crippen LogP contribution in [0.15, 0.2) is 18.2 Å². The number of benzene rings is 1. The normalized spacial score (nSPS) is 33.7. The summed E-state index contributed by atoms with van der Waals surface area (Å²) in [6, 6.07) is 3.82. The van der Waals surface area contributed by atoms with Gasteiger partial charge in [-0.05, 0) is 50.0 Å². The number of hydroxylamine groups is 1. The third kappa shape index (κ3) is 2.61. The van der Waals surface area contributed by atoms with Crippen LogP contribution in [0.2, 0.25) is 5.02 Å². The summed E-state index contributed by atoms with van der Waals surface area (Å²) >= 11 is 5.82. The molecular formula is C16H18ClF3N2O. The molecule has 0 N–H and O–H groups in total. The summed E-state index contributed by atoms with van der Waals surface area (Å²) < 4.78 is 38.4. The van der Waals surface area contributed by atoms with E-state index in [2.05, 4.69) is 4.90 Å². The van der Waals surface area contributed by atoms with Gasteiger partial charge < -0.3 is 4.90 Å². The third-order valence-corrected chi connectivity index (χ3v) is 5.71. The van der Waals surface area contributed by atoms with E-state index in [4.69, 9.17) is 16.4 Å². The van der Waals surface area contributed by atoms with E-state index in [9.17, 15) is 13.2 Å². The highest BCUT2D eigenvalue weighted by atomic mass is 35.5. The van der Waals surface area contributed by atoms with E-state index < -0.39 is 11.7 Å². The second-order valence-electron chi connectivity index (χ2n) is 6.72. The topological polar surface area (TPSA) is 15.7 Å². The summed E-state index contributed by atoms with van der Waals surface area (Å²) in [7, 11) is 0. The predicted molar refractivity (Wildman–Crippen MR) is 81.4 cm³/mol. The molecule has 3 nitrogen and oxygen atoms in total. The summed E-state index contributed by atoms with van der Waals surface area (Å²) in [6.07, 6.45) is -1.24. The highest BCUT2D eigenvalue weighted by molar-refractivity contribution is 6.31. The molecule has 4 aliphatic rings. The lowest BCUT2D eigenvalue weighted by Gasteiger charge is -2.50. The minimum atomic E-state index is -4.43. The van der Waals surface area contributed by atoms with Crippen molar-refractivity contribution in [3.05, 3.63) is 28.8 Å². The van der Waals surface area contributed by atoms with Crippen LogP contribution in [0.3, 0.4) is 0 Å². The van der Waals surface area contributed by atoms with Crippen LogP contribution in [0, 0.1) is 5.92 Å². The average molecular weight is 347 g/mol. The van der Waals surface area contributed by atoms with Crippen molar-refractivity contribution in [2.45, 2.75) is 31.0 Å². The lowest BCUT2D eigenvalue weighted by molar-refractivity contribution is -0.137. The van der Waals surface area contributed by atoms with E-state index >= 15 is 0 Å². The Bertz CT molecular complexity index is 616. The Morgan fingerprint density at radius 3 is 2.48 bits per heavy atom. The standard InChI is InChI=1S/C16H18ClF3N2O/c17-14-9-12(1-2-13(14)16(18,19)20)22-8-5-15(23-22)10-21-6-3-11(15)4-7-21/h1-2,9,11H,3-8,10H2. The zero-order chi connectivity index (χ0) is 16.2. The quantitative estimate of drug-likeness (QED) is 0.765. The molecule has 126 valence electrons. The molecule has 1 aromatic rings. The smallest absolute Gasteiger partial charge is 0.300 e. The molecule has 0 radical (unpaired) electrons. The average Bonchev–Trinajstić information content (AvgIpc) is 2.91. The maximum atomic E-state index is 12.8. The minimum absolute atomic E-state index is 0.175. The van der Waals surface area contributed by atoms with Crippen LogP contribution >= 0.6 is 11.6 Å². The molecule has 0 aromatic heterocycles. The first-order valence-electron chi connectivity index (χ1n) is 7.93. The van der Waals surface area contributed by atoms with Crippen molar-refractivity contribution in [2.75, 3.05) is 31.2 Å². The van der Waals surface area contributed by atoms with Crippen molar-refractivity contribution < 1.29 is 18.0 Å². The van der Waals surface area contributed by atoms with Gasteiger partial charge in [0.2, 0.25) is 0 Å². The van der Waals surface area contributed by atoms with E-state index in [-0.39, 0.29) is 10.6 Å². The molecule has 1 aromatic carbocycles. The van der Waals surface area contributed by atoms with Crippen LogP contribution < -0.4 is 5.06 Å². The molecule has 0 amide bonds. The first-order valence-corrected chi connectivity index (χ1v) is 8.31. The summed E-state index contributed by atoms with van der Waals surface area (Å²) in [5, 5.41) is 1.43. The van der Waals surface area contributed by atoms with Gasteiger partial charge in [-0.3, -0.25) is 9.90 Å². The minimum Gasteiger partial charge on any atom is -0.300 e. The van der Waals surface area contributed by atoms with Crippen LogP contribution in [0.5, 0.6) is 0 Å². The molecule has 23 heavy (non-hydrogen) atoms. The molecule has 0 saturated carbocycles. The lowest BCUT2D eigenvalue weighted by Crippen LogP contribution is -2.59. The van der Waals surface area contributed by atoms with Crippen LogP contribution in [0.4, 0.5) is 18.9 Å². The molecule has 7 heteroatoms. The Labute approximate surface area is 137 Å². The highest BCUT2D eigenvalue weighted by Crippen LogP contribution is 2.45. The van der Waals surface area contributed by atoms with E-state index in [1.807, 2.05) is 0 Å². The fourth-order valence-electron chi connectivity index (χ4n) is 4.18. The van der Waals surface area contributed by atoms with Crippen LogP contribution in [0.25, 0.3) is 0 Å². The number of anilines is 1. The lowest BCUT2D eigenvalue weighted by atomic mass is 9.74. The van der Waals surface area contributed by atoms with Gasteiger partial charge in [-0.2, -0.15) is 13.2 Å². The second-order valence-corrected chi connectivity index (χ2v) is 7.13. The van der Waals surface area contributed by atoms with Gasteiger partial charge in [-0.1, -0.05) is 11.6 Å². The molecule has 1 unspecified atom stereocenters. The molecule has 5 rings (SSSR count). The Morgan fingerprint density at radius 2 is 1.91 bits per heavy atom. The zero-order valence-electron chi connectivity index (χ0n) is 12.6. The van der Waals surface area contributed by atoms with Gasteiger partial charge in [0, 0.05) is 19.5 Å². The largest absolute Gasteiger partial charge is 0.417 e. The van der Waals surface area contributed by atoms with Gasteiger partial charge in [0.25, 0.3) is 0 Å². The van der Waals surface area contributed by atoms with Crippen molar-refractivity contribution in [3.8, 4) is 0 Å². The van der Waals surface area contributed by atoms with E-state index in [1.54, 1.807) is 5.06 Å². The number of halogens is 4. The molecule has 0 aliphatic carbocycles. The van der Waals surface area contributed by atoms with Crippen LogP contribution in [-0.2, 0) is 11.0 Å². The van der Waals surface area contributed by atoms with Gasteiger partial charge >= 0.3 is 6.18 Å². The van der Waals surface area contributed by atoms with Crippen molar-refractivity contribution in [1.82, 2.24) is 4.90 Å². The molecule has 1 spiro atoms. The molecule has 4 aliphatic heterocycles. The number of piperidine rings is 3. The van der Waals surface area contributed by atoms with Crippen molar-refractivity contribution >= 4 is 17.3 Å². The molecule has 4 saturated heterocycles. The molecule has 4 heterocycles. The number of alkyl halides is 3. The van der Waals surface area contributed by atoms with Gasteiger partial charge in [0.15, 0.2) is 0 Å². The summed E-state index contributed by atoms with van der Waals surface area (Å²) in [6.45, 7) is 3.86. The first-order chi connectivity index (χ1) is 10.9. The second kappa shape index (κ2) is 5.26. The number of fused-ring (bicyclic) bond motifs is 2. The third-order valence-electron chi connectivity index (χ3n) is 5.40. The van der Waals surface area contributed by atoms with E-state index in [0.29, 0.717) is 18.2 Å². The molecule has 4 fully saturated rings. The van der Waals surface area contributed by atoms with E-state index in [0.717, 1.165) is 45.0 Å². The molecule has 1 atom stereocenters. The van der Waals surface area contributed by atoms with Crippen molar-refractivity contribution in [1.29, 1.82) is 0 Å². The monoisotopic (exact) mass is 346 g/mol. The SMILES string of the molecule is FC(F)(F)c1ccc(N2CCC3(CN4CCC3CC4)O2)cc1Cl. The van der Waals surface area contributed by atoms with Gasteiger partial charge in [-0.25, -0.2) is 0 Å². The predicted octanol–water partition coefficient (Wildman–Crippen LogP) is 3.96. The molecular weight excluding hydrogens is 329 g/mol. The zero-order valence-corrected chi connectivity index (χ0v) is 13.3. The number of nitrogens with zero attached hydrogens (tertiary/aromatic N) is 2. The van der Waals surface area contributed by atoms with Crippen LogP contribution in [-0.4, -0.2) is 36.7 Å². The highest BCUT2D eigenvalue weighted by Gasteiger charge is 2.52.